The van der Waals surface area contributed by atoms with Gasteiger partial charge in [-0.05, 0) is 23.6 Å². The first kappa shape index (κ1) is 13.4. The van der Waals surface area contributed by atoms with Crippen molar-refractivity contribution in [2.75, 3.05) is 6.54 Å². The van der Waals surface area contributed by atoms with E-state index >= 15 is 0 Å². The number of nitrogens with one attached hydrogen (secondary N) is 2. The minimum Gasteiger partial charge on any atom is -0.356 e. The summed E-state index contributed by atoms with van der Waals surface area (Å²) in [6, 6.07) is 12.4. The summed E-state index contributed by atoms with van der Waals surface area (Å²) in [5.74, 6) is -0.00191. The molecule has 4 heteroatoms. The minimum absolute atomic E-state index is 0.00191. The smallest absolute Gasteiger partial charge is 0.216 e. The molecule has 0 saturated carbocycles. The second-order valence-electron chi connectivity index (χ2n) is 5.03. The van der Waals surface area contributed by atoms with Crippen LogP contribution in [0.4, 0.5) is 0 Å². The number of H-pyrrole nitrogens is 1. The molecule has 0 aliphatic rings. The monoisotopic (exact) mass is 279 g/mol. The van der Waals surface area contributed by atoms with E-state index in [1.54, 1.807) is 0 Å². The molecule has 3 rings (SSSR count). The van der Waals surface area contributed by atoms with E-state index in [4.69, 9.17) is 0 Å². The number of pyridine rings is 1. The zero-order valence-electron chi connectivity index (χ0n) is 11.9. The largest absolute Gasteiger partial charge is 0.356 e. The number of carbonyl (C=O) groups is 1. The number of hydrogen-bond acceptors (Lipinski definition) is 2. The Hall–Kier alpha value is -2.62. The van der Waals surface area contributed by atoms with Gasteiger partial charge in [0.1, 0.15) is 5.65 Å². The van der Waals surface area contributed by atoms with Gasteiger partial charge in [0, 0.05) is 36.8 Å². The number of rotatable bonds is 4. The molecule has 0 aliphatic carbocycles. The van der Waals surface area contributed by atoms with Crippen LogP contribution in [-0.2, 0) is 11.2 Å². The van der Waals surface area contributed by atoms with Crippen LogP contribution in [0, 0.1) is 0 Å². The highest BCUT2D eigenvalue weighted by Crippen LogP contribution is 2.24. The van der Waals surface area contributed by atoms with Crippen molar-refractivity contribution in [1.82, 2.24) is 15.3 Å². The molecule has 0 unspecified atom stereocenters. The van der Waals surface area contributed by atoms with Crippen molar-refractivity contribution in [2.24, 2.45) is 0 Å². The predicted octanol–water partition coefficient (Wildman–Crippen LogP) is 2.91. The molecule has 106 valence electrons. The third-order valence-corrected chi connectivity index (χ3v) is 3.49. The first-order chi connectivity index (χ1) is 10.2. The topological polar surface area (TPSA) is 57.8 Å². The van der Waals surface area contributed by atoms with Gasteiger partial charge in [0.05, 0.1) is 0 Å². The van der Waals surface area contributed by atoms with Gasteiger partial charge in [-0.1, -0.05) is 30.3 Å². The molecule has 21 heavy (non-hydrogen) atoms. The van der Waals surface area contributed by atoms with Crippen LogP contribution in [0.5, 0.6) is 0 Å². The highest BCUT2D eigenvalue weighted by Gasteiger charge is 2.07. The second kappa shape index (κ2) is 5.79. The number of fused-ring (bicyclic) bond motifs is 1. The molecule has 2 aromatic heterocycles. The molecule has 0 fully saturated rings. The van der Waals surface area contributed by atoms with E-state index in [2.05, 4.69) is 33.5 Å². The number of aromatic amines is 1. The van der Waals surface area contributed by atoms with Crippen molar-refractivity contribution in [3.63, 3.8) is 0 Å². The molecule has 1 aromatic carbocycles. The maximum atomic E-state index is 10.9. The van der Waals surface area contributed by atoms with Crippen molar-refractivity contribution in [3.05, 3.63) is 54.4 Å². The Labute approximate surface area is 123 Å². The lowest BCUT2D eigenvalue weighted by Gasteiger charge is -2.03. The van der Waals surface area contributed by atoms with Crippen LogP contribution >= 0.6 is 0 Å². The summed E-state index contributed by atoms with van der Waals surface area (Å²) in [5, 5.41) is 3.93. The third-order valence-electron chi connectivity index (χ3n) is 3.49. The van der Waals surface area contributed by atoms with Crippen LogP contribution < -0.4 is 5.32 Å². The van der Waals surface area contributed by atoms with Gasteiger partial charge >= 0.3 is 0 Å². The lowest BCUT2D eigenvalue weighted by molar-refractivity contribution is -0.118. The fraction of sp³-hybridized carbons (Fsp3) is 0.176. The fourth-order valence-electron chi connectivity index (χ4n) is 2.43. The van der Waals surface area contributed by atoms with Gasteiger partial charge in [-0.25, -0.2) is 4.98 Å². The van der Waals surface area contributed by atoms with Gasteiger partial charge in [0.15, 0.2) is 0 Å². The fourth-order valence-corrected chi connectivity index (χ4v) is 2.43. The van der Waals surface area contributed by atoms with Crippen LogP contribution in [0.1, 0.15) is 12.5 Å². The van der Waals surface area contributed by atoms with E-state index in [9.17, 15) is 4.79 Å². The third kappa shape index (κ3) is 2.94. The molecule has 3 aromatic rings. The Morgan fingerprint density at radius 2 is 2.05 bits per heavy atom. The Balaban J connectivity index is 1.91. The van der Waals surface area contributed by atoms with Gasteiger partial charge in [-0.15, -0.1) is 0 Å². The summed E-state index contributed by atoms with van der Waals surface area (Å²) in [6.07, 6.45) is 4.64. The molecule has 1 amide bonds. The summed E-state index contributed by atoms with van der Waals surface area (Å²) in [5.41, 5.74) is 4.31. The zero-order valence-corrected chi connectivity index (χ0v) is 11.9. The van der Waals surface area contributed by atoms with E-state index < -0.39 is 0 Å². The Morgan fingerprint density at radius 1 is 1.24 bits per heavy atom. The quantitative estimate of drug-likeness (QED) is 0.771. The SMILES string of the molecule is CC(=O)NCCc1c[nH]c2ncc(-c3ccccc3)cc12. The van der Waals surface area contributed by atoms with Crippen molar-refractivity contribution in [1.29, 1.82) is 0 Å². The van der Waals surface area contributed by atoms with E-state index in [0.717, 1.165) is 28.6 Å². The number of aromatic nitrogens is 2. The van der Waals surface area contributed by atoms with E-state index in [0.29, 0.717) is 6.54 Å². The van der Waals surface area contributed by atoms with Crippen molar-refractivity contribution in [3.8, 4) is 11.1 Å². The molecular formula is C17H17N3O. The first-order valence-electron chi connectivity index (χ1n) is 7.00. The Morgan fingerprint density at radius 3 is 2.81 bits per heavy atom. The lowest BCUT2D eigenvalue weighted by atomic mass is 10.0. The van der Waals surface area contributed by atoms with Crippen molar-refractivity contribution < 1.29 is 4.79 Å². The van der Waals surface area contributed by atoms with Crippen molar-refractivity contribution >= 4 is 16.9 Å². The normalized spacial score (nSPS) is 10.7. The molecule has 0 spiro atoms. The first-order valence-corrected chi connectivity index (χ1v) is 7.00. The van der Waals surface area contributed by atoms with Gasteiger partial charge in [-0.3, -0.25) is 4.79 Å². The van der Waals surface area contributed by atoms with Crippen LogP contribution in [0.2, 0.25) is 0 Å². The molecule has 2 N–H and O–H groups in total. The predicted molar refractivity (Wildman–Crippen MR) is 83.9 cm³/mol. The molecule has 0 aliphatic heterocycles. The maximum absolute atomic E-state index is 10.9. The summed E-state index contributed by atoms with van der Waals surface area (Å²) >= 11 is 0. The molecule has 0 saturated heterocycles. The highest BCUT2D eigenvalue weighted by atomic mass is 16.1. The van der Waals surface area contributed by atoms with E-state index in [-0.39, 0.29) is 5.91 Å². The number of benzene rings is 1. The number of nitrogens with zero attached hydrogens (tertiary/aromatic N) is 1. The number of amides is 1. The second-order valence-corrected chi connectivity index (χ2v) is 5.03. The average molecular weight is 279 g/mol. The van der Waals surface area contributed by atoms with E-state index in [1.807, 2.05) is 30.6 Å². The highest BCUT2D eigenvalue weighted by molar-refractivity contribution is 5.84. The Bertz CT molecular complexity index is 762. The van der Waals surface area contributed by atoms with Crippen LogP contribution in [0.25, 0.3) is 22.2 Å². The lowest BCUT2D eigenvalue weighted by Crippen LogP contribution is -2.22. The van der Waals surface area contributed by atoms with E-state index in [1.165, 1.54) is 12.5 Å². The van der Waals surface area contributed by atoms with Gasteiger partial charge in [0.25, 0.3) is 0 Å². The van der Waals surface area contributed by atoms with Crippen molar-refractivity contribution in [2.45, 2.75) is 13.3 Å². The maximum Gasteiger partial charge on any atom is 0.216 e. The Kier molecular flexibility index (Phi) is 3.69. The molecular weight excluding hydrogens is 262 g/mol. The summed E-state index contributed by atoms with van der Waals surface area (Å²) in [6.45, 7) is 2.17. The summed E-state index contributed by atoms with van der Waals surface area (Å²) in [4.78, 5) is 18.6. The minimum atomic E-state index is -0.00191. The van der Waals surface area contributed by atoms with Gasteiger partial charge in [-0.2, -0.15) is 0 Å². The zero-order chi connectivity index (χ0) is 14.7. The van der Waals surface area contributed by atoms with Gasteiger partial charge in [0.2, 0.25) is 5.91 Å². The molecule has 0 radical (unpaired) electrons. The molecule has 0 atom stereocenters. The summed E-state index contributed by atoms with van der Waals surface area (Å²) < 4.78 is 0. The van der Waals surface area contributed by atoms with Gasteiger partial charge < -0.3 is 10.3 Å². The van der Waals surface area contributed by atoms with Crippen LogP contribution in [0.15, 0.2) is 48.8 Å². The molecule has 0 bridgehead atoms. The number of hydrogen-bond donors (Lipinski definition) is 2. The molecule has 2 heterocycles. The number of carbonyl (C=O) groups excluding carboxylic acids is 1. The summed E-state index contributed by atoms with van der Waals surface area (Å²) in [7, 11) is 0. The average Bonchev–Trinajstić information content (AvgIpc) is 2.90. The molecule has 4 nitrogen and oxygen atoms in total. The van der Waals surface area contributed by atoms with Crippen LogP contribution in [-0.4, -0.2) is 22.4 Å². The standard InChI is InChI=1S/C17H17N3O/c1-12(21)18-8-7-14-10-19-17-16(14)9-15(11-20-17)13-5-3-2-4-6-13/h2-6,9-11H,7-8H2,1H3,(H,18,21)(H,19,20). The van der Waals surface area contributed by atoms with Crippen LogP contribution in [0.3, 0.4) is 0 Å².